The van der Waals surface area contributed by atoms with Crippen molar-refractivity contribution in [3.05, 3.63) is 88.6 Å². The highest BCUT2D eigenvalue weighted by Crippen LogP contribution is 2.24. The van der Waals surface area contributed by atoms with Crippen LogP contribution in [0.15, 0.2) is 60.2 Å². The Morgan fingerprint density at radius 1 is 1.09 bits per heavy atom. The predicted octanol–water partition coefficient (Wildman–Crippen LogP) is 4.87. The maximum absolute atomic E-state index is 14.0. The topological polar surface area (TPSA) is 86.1 Å². The molecule has 3 heterocycles. The quantitative estimate of drug-likeness (QED) is 0.319. The molecule has 0 spiro atoms. The standard InChI is InChI=1S/C23H19FN4O3S/c1-14-12-17(15(2)28(14)23-26-10-11-32-23)20(29)13-31-22(30)16-6-5-9-25-21(16)27-19-8-4-3-7-18(19)24/h3-12H,13H2,1-2H3,(H,25,27). The van der Waals surface area contributed by atoms with Gasteiger partial charge in [0.05, 0.1) is 5.69 Å². The molecule has 0 aliphatic heterocycles. The maximum atomic E-state index is 14.0. The lowest BCUT2D eigenvalue weighted by molar-refractivity contribution is 0.0475. The van der Waals surface area contributed by atoms with Crippen molar-refractivity contribution in [3.8, 4) is 5.13 Å². The molecule has 4 rings (SSSR count). The van der Waals surface area contributed by atoms with Crippen molar-refractivity contribution in [1.29, 1.82) is 0 Å². The second kappa shape index (κ2) is 9.11. The summed E-state index contributed by atoms with van der Waals surface area (Å²) in [5.74, 6) is -1.42. The Morgan fingerprint density at radius 2 is 1.91 bits per heavy atom. The van der Waals surface area contributed by atoms with Crippen molar-refractivity contribution in [1.82, 2.24) is 14.5 Å². The van der Waals surface area contributed by atoms with E-state index in [4.69, 9.17) is 4.74 Å². The minimum Gasteiger partial charge on any atom is -0.454 e. The molecular weight excluding hydrogens is 431 g/mol. The van der Waals surface area contributed by atoms with Crippen LogP contribution >= 0.6 is 11.3 Å². The Bertz CT molecular complexity index is 1280. The lowest BCUT2D eigenvalue weighted by atomic mass is 10.1. The number of carbonyl (C=O) groups excluding carboxylic acids is 2. The van der Waals surface area contributed by atoms with Gasteiger partial charge in [-0.25, -0.2) is 19.2 Å². The van der Waals surface area contributed by atoms with E-state index in [1.807, 2.05) is 23.8 Å². The molecule has 0 fully saturated rings. The number of hydrogen-bond donors (Lipinski definition) is 1. The summed E-state index contributed by atoms with van der Waals surface area (Å²) in [5, 5.41) is 5.41. The molecule has 1 aromatic carbocycles. The first-order valence-electron chi connectivity index (χ1n) is 9.71. The van der Waals surface area contributed by atoms with Gasteiger partial charge < -0.3 is 10.1 Å². The molecule has 0 aliphatic rings. The van der Waals surface area contributed by atoms with Gasteiger partial charge in [-0.3, -0.25) is 9.36 Å². The first-order chi connectivity index (χ1) is 15.5. The first kappa shape index (κ1) is 21.4. The average molecular weight is 450 g/mol. The minimum atomic E-state index is -0.737. The van der Waals surface area contributed by atoms with E-state index < -0.39 is 18.4 Å². The fourth-order valence-electron chi connectivity index (χ4n) is 3.31. The molecule has 4 aromatic rings. The highest BCUT2D eigenvalue weighted by Gasteiger charge is 2.21. The van der Waals surface area contributed by atoms with E-state index in [0.717, 1.165) is 16.5 Å². The molecule has 32 heavy (non-hydrogen) atoms. The molecule has 3 aromatic heterocycles. The number of Topliss-reactive ketones (excluding diaryl/α,β-unsaturated/α-hetero) is 1. The second-order valence-electron chi connectivity index (χ2n) is 6.94. The summed E-state index contributed by atoms with van der Waals surface area (Å²) in [4.78, 5) is 33.8. The largest absolute Gasteiger partial charge is 0.454 e. The molecule has 0 atom stereocenters. The highest BCUT2D eigenvalue weighted by molar-refractivity contribution is 7.12. The van der Waals surface area contributed by atoms with Gasteiger partial charge >= 0.3 is 5.97 Å². The van der Waals surface area contributed by atoms with Crippen LogP contribution in [0.5, 0.6) is 0 Å². The van der Waals surface area contributed by atoms with Crippen molar-refractivity contribution in [3.63, 3.8) is 0 Å². The van der Waals surface area contributed by atoms with E-state index in [0.29, 0.717) is 5.56 Å². The van der Waals surface area contributed by atoms with Gasteiger partial charge in [-0.15, -0.1) is 11.3 Å². The zero-order chi connectivity index (χ0) is 22.7. The number of anilines is 2. The maximum Gasteiger partial charge on any atom is 0.342 e. The molecule has 0 aliphatic carbocycles. The van der Waals surface area contributed by atoms with Crippen LogP contribution in [0.3, 0.4) is 0 Å². The second-order valence-corrected chi connectivity index (χ2v) is 7.81. The van der Waals surface area contributed by atoms with Crippen LogP contribution in [-0.2, 0) is 4.74 Å². The Labute approximate surface area is 187 Å². The van der Waals surface area contributed by atoms with Crippen molar-refractivity contribution in [2.24, 2.45) is 0 Å². The number of thiazole rings is 1. The molecule has 0 saturated carbocycles. The lowest BCUT2D eigenvalue weighted by Gasteiger charge is -2.11. The highest BCUT2D eigenvalue weighted by atomic mass is 32.1. The summed E-state index contributed by atoms with van der Waals surface area (Å²) >= 11 is 1.46. The third-order valence-electron chi connectivity index (χ3n) is 4.83. The van der Waals surface area contributed by atoms with Gasteiger partial charge in [0.25, 0.3) is 0 Å². The molecule has 1 N–H and O–H groups in total. The number of pyridine rings is 1. The lowest BCUT2D eigenvalue weighted by Crippen LogP contribution is -2.16. The van der Waals surface area contributed by atoms with E-state index in [9.17, 15) is 14.0 Å². The number of nitrogens with one attached hydrogen (secondary N) is 1. The van der Waals surface area contributed by atoms with Gasteiger partial charge in [0.15, 0.2) is 11.7 Å². The van der Waals surface area contributed by atoms with Crippen LogP contribution in [0, 0.1) is 19.7 Å². The van der Waals surface area contributed by atoms with E-state index >= 15 is 0 Å². The van der Waals surface area contributed by atoms with Crippen molar-refractivity contribution >= 4 is 34.6 Å². The number of rotatable bonds is 7. The summed E-state index contributed by atoms with van der Waals surface area (Å²) < 4.78 is 21.1. The van der Waals surface area contributed by atoms with Crippen LogP contribution in [-0.4, -0.2) is 32.9 Å². The van der Waals surface area contributed by atoms with E-state index in [2.05, 4.69) is 15.3 Å². The van der Waals surface area contributed by atoms with Crippen LogP contribution in [0.25, 0.3) is 5.13 Å². The number of halogens is 1. The summed E-state index contributed by atoms with van der Waals surface area (Å²) in [6.07, 6.45) is 3.17. The Morgan fingerprint density at radius 3 is 2.66 bits per heavy atom. The Kier molecular flexibility index (Phi) is 6.09. The normalized spacial score (nSPS) is 10.7. The molecule has 0 bridgehead atoms. The molecule has 9 heteroatoms. The smallest absolute Gasteiger partial charge is 0.342 e. The third-order valence-corrected chi connectivity index (χ3v) is 5.59. The fraction of sp³-hybridized carbons (Fsp3) is 0.130. The zero-order valence-electron chi connectivity index (χ0n) is 17.3. The third kappa shape index (κ3) is 4.28. The zero-order valence-corrected chi connectivity index (χ0v) is 18.1. The molecule has 162 valence electrons. The first-order valence-corrected chi connectivity index (χ1v) is 10.6. The Balaban J connectivity index is 1.49. The number of ether oxygens (including phenoxy) is 1. The number of ketones is 1. The van der Waals surface area contributed by atoms with E-state index in [-0.39, 0.29) is 22.9 Å². The predicted molar refractivity (Wildman–Crippen MR) is 119 cm³/mol. The molecule has 0 unspecified atom stereocenters. The number of carbonyl (C=O) groups is 2. The van der Waals surface area contributed by atoms with Crippen molar-refractivity contribution in [2.75, 3.05) is 11.9 Å². The van der Waals surface area contributed by atoms with Crippen molar-refractivity contribution in [2.45, 2.75) is 13.8 Å². The van der Waals surface area contributed by atoms with E-state index in [1.54, 1.807) is 30.5 Å². The molecule has 0 amide bonds. The van der Waals surface area contributed by atoms with Gasteiger partial charge in [0, 0.05) is 34.7 Å². The number of para-hydroxylation sites is 1. The fourth-order valence-corrected chi connectivity index (χ4v) is 4.06. The van der Waals surface area contributed by atoms with Crippen molar-refractivity contribution < 1.29 is 18.7 Å². The Hall–Kier alpha value is -3.85. The number of hydrogen-bond acceptors (Lipinski definition) is 7. The summed E-state index contributed by atoms with van der Waals surface area (Å²) in [6, 6.07) is 10.9. The minimum absolute atomic E-state index is 0.0943. The summed E-state index contributed by atoms with van der Waals surface area (Å²) in [7, 11) is 0. The van der Waals surface area contributed by atoms with Gasteiger partial charge in [-0.05, 0) is 44.2 Å². The number of esters is 1. The van der Waals surface area contributed by atoms with Crippen LogP contribution < -0.4 is 5.32 Å². The average Bonchev–Trinajstić information content (AvgIpc) is 3.41. The molecule has 7 nitrogen and oxygen atoms in total. The van der Waals surface area contributed by atoms with Gasteiger partial charge in [0.1, 0.15) is 17.2 Å². The van der Waals surface area contributed by atoms with Gasteiger partial charge in [-0.2, -0.15) is 0 Å². The number of benzene rings is 1. The van der Waals surface area contributed by atoms with Crippen LogP contribution in [0.2, 0.25) is 0 Å². The van der Waals surface area contributed by atoms with Crippen LogP contribution in [0.4, 0.5) is 15.9 Å². The van der Waals surface area contributed by atoms with Gasteiger partial charge in [-0.1, -0.05) is 12.1 Å². The SMILES string of the molecule is Cc1cc(C(=O)COC(=O)c2cccnc2Nc2ccccc2F)c(C)n1-c1nccs1. The molecule has 0 saturated heterocycles. The summed E-state index contributed by atoms with van der Waals surface area (Å²) in [6.45, 7) is 3.27. The number of aromatic nitrogens is 3. The number of nitrogens with zero attached hydrogens (tertiary/aromatic N) is 3. The summed E-state index contributed by atoms with van der Waals surface area (Å²) in [5.41, 5.74) is 2.31. The van der Waals surface area contributed by atoms with Crippen LogP contribution in [0.1, 0.15) is 32.1 Å². The number of aryl methyl sites for hydroxylation is 1. The van der Waals surface area contributed by atoms with Gasteiger partial charge in [0.2, 0.25) is 5.78 Å². The molecule has 0 radical (unpaired) electrons. The van der Waals surface area contributed by atoms with E-state index in [1.165, 1.54) is 35.7 Å². The monoisotopic (exact) mass is 450 g/mol. The molecular formula is C23H19FN4O3S.